The van der Waals surface area contributed by atoms with Crippen LogP contribution in [0.2, 0.25) is 5.15 Å². The molecule has 0 saturated carbocycles. The molecule has 2 aromatic rings. The van der Waals surface area contributed by atoms with Gasteiger partial charge in [-0.15, -0.1) is 0 Å². The molecule has 0 fully saturated rings. The van der Waals surface area contributed by atoms with Gasteiger partial charge in [-0.3, -0.25) is 0 Å². The maximum absolute atomic E-state index is 13.4. The fourth-order valence-electron chi connectivity index (χ4n) is 1.54. The Labute approximate surface area is 109 Å². The predicted octanol–water partition coefficient (Wildman–Crippen LogP) is 2.93. The molecule has 18 heavy (non-hydrogen) atoms. The van der Waals surface area contributed by atoms with Gasteiger partial charge in [-0.25, -0.2) is 14.4 Å². The topological polar surface area (TPSA) is 49.6 Å². The summed E-state index contributed by atoms with van der Waals surface area (Å²) in [7, 11) is 0. The average Bonchev–Trinajstić information content (AvgIpc) is 2.38. The van der Waals surface area contributed by atoms with Crippen molar-refractivity contribution in [3.05, 3.63) is 58.4 Å². The van der Waals surface area contributed by atoms with Crippen LogP contribution >= 0.6 is 11.6 Å². The van der Waals surface area contributed by atoms with Gasteiger partial charge < -0.3 is 0 Å². The van der Waals surface area contributed by atoms with Crippen molar-refractivity contribution in [1.82, 2.24) is 9.97 Å². The van der Waals surface area contributed by atoms with E-state index in [1.54, 1.807) is 18.2 Å². The Morgan fingerprint density at radius 1 is 1.28 bits per heavy atom. The third-order valence-electron chi connectivity index (χ3n) is 2.49. The fraction of sp³-hybridized carbons (Fsp3) is 0.154. The number of aryl methyl sites for hydroxylation is 2. The van der Waals surface area contributed by atoms with E-state index in [1.807, 2.05) is 6.07 Å². The van der Waals surface area contributed by atoms with Crippen LogP contribution < -0.4 is 0 Å². The quantitative estimate of drug-likeness (QED) is 0.798. The first-order chi connectivity index (χ1) is 8.70. The third kappa shape index (κ3) is 2.82. The molecular formula is C13H9ClFN3. The Balaban J connectivity index is 2.10. The fourth-order valence-corrected chi connectivity index (χ4v) is 1.73. The maximum atomic E-state index is 13.4. The lowest BCUT2D eigenvalue weighted by Gasteiger charge is -2.03. The Bertz CT molecular complexity index is 607. The average molecular weight is 262 g/mol. The first kappa shape index (κ1) is 12.5. The molecule has 0 N–H and O–H groups in total. The zero-order valence-electron chi connectivity index (χ0n) is 9.40. The van der Waals surface area contributed by atoms with E-state index < -0.39 is 0 Å². The molecule has 1 aromatic carbocycles. The zero-order valence-corrected chi connectivity index (χ0v) is 10.2. The van der Waals surface area contributed by atoms with Crippen molar-refractivity contribution in [2.75, 3.05) is 0 Å². The number of nitriles is 1. The van der Waals surface area contributed by atoms with Crippen molar-refractivity contribution in [3.63, 3.8) is 0 Å². The third-order valence-corrected chi connectivity index (χ3v) is 2.78. The normalized spacial score (nSPS) is 10.1. The summed E-state index contributed by atoms with van der Waals surface area (Å²) < 4.78 is 13.4. The summed E-state index contributed by atoms with van der Waals surface area (Å²) in [6, 6.07) is 8.46. The van der Waals surface area contributed by atoms with Gasteiger partial charge in [0.25, 0.3) is 0 Å². The second-order valence-corrected chi connectivity index (χ2v) is 4.05. The van der Waals surface area contributed by atoms with Gasteiger partial charge in [0.15, 0.2) is 5.15 Å². The summed E-state index contributed by atoms with van der Waals surface area (Å²) in [5, 5.41) is 8.82. The molecule has 0 aliphatic carbocycles. The van der Waals surface area contributed by atoms with E-state index >= 15 is 0 Å². The zero-order chi connectivity index (χ0) is 13.0. The van der Waals surface area contributed by atoms with Gasteiger partial charge in [0, 0.05) is 12.6 Å². The largest absolute Gasteiger partial charge is 0.240 e. The van der Waals surface area contributed by atoms with E-state index in [1.165, 1.54) is 12.3 Å². The number of aromatic nitrogens is 2. The molecule has 3 nitrogen and oxygen atoms in total. The van der Waals surface area contributed by atoms with Crippen LogP contribution in [0.4, 0.5) is 4.39 Å². The van der Waals surface area contributed by atoms with Crippen LogP contribution in [0.3, 0.4) is 0 Å². The van der Waals surface area contributed by atoms with Crippen molar-refractivity contribution in [1.29, 1.82) is 5.26 Å². The minimum Gasteiger partial charge on any atom is -0.240 e. The summed E-state index contributed by atoms with van der Waals surface area (Å²) >= 11 is 5.79. The molecule has 0 atom stereocenters. The van der Waals surface area contributed by atoms with Crippen molar-refractivity contribution >= 4 is 11.6 Å². The molecule has 0 spiro atoms. The molecule has 0 amide bonds. The monoisotopic (exact) mass is 261 g/mol. The van der Waals surface area contributed by atoms with Crippen molar-refractivity contribution in [3.8, 4) is 6.07 Å². The summed E-state index contributed by atoms with van der Waals surface area (Å²) in [6.45, 7) is 0. The maximum Gasteiger partial charge on any atom is 0.150 e. The second-order valence-electron chi connectivity index (χ2n) is 3.69. The molecule has 1 heterocycles. The highest BCUT2D eigenvalue weighted by atomic mass is 35.5. The smallest absolute Gasteiger partial charge is 0.150 e. The standard InChI is InChI=1S/C13H9ClFN3/c14-13-10(7-16)8-17-12(18-13)6-5-9-3-1-2-4-11(9)15/h1-4,8H,5-6H2. The number of benzene rings is 1. The number of halogens is 2. The van der Waals surface area contributed by atoms with E-state index in [9.17, 15) is 4.39 Å². The van der Waals surface area contributed by atoms with Gasteiger partial charge in [-0.2, -0.15) is 5.26 Å². The van der Waals surface area contributed by atoms with Crippen LogP contribution in [0.15, 0.2) is 30.5 Å². The van der Waals surface area contributed by atoms with Gasteiger partial charge in [-0.1, -0.05) is 29.8 Å². The molecule has 0 unspecified atom stereocenters. The number of hydrogen-bond acceptors (Lipinski definition) is 3. The Kier molecular flexibility index (Phi) is 3.85. The van der Waals surface area contributed by atoms with E-state index in [0.717, 1.165) is 0 Å². The van der Waals surface area contributed by atoms with Crippen LogP contribution in [-0.2, 0) is 12.8 Å². The minimum absolute atomic E-state index is 0.135. The molecule has 1 aromatic heterocycles. The predicted molar refractivity (Wildman–Crippen MR) is 65.6 cm³/mol. The van der Waals surface area contributed by atoms with Gasteiger partial charge in [0.2, 0.25) is 0 Å². The first-order valence-electron chi connectivity index (χ1n) is 5.35. The molecule has 0 bridgehead atoms. The minimum atomic E-state index is -0.239. The van der Waals surface area contributed by atoms with E-state index in [-0.39, 0.29) is 16.5 Å². The van der Waals surface area contributed by atoms with Crippen LogP contribution in [0.25, 0.3) is 0 Å². The summed E-state index contributed by atoms with van der Waals surface area (Å²) in [4.78, 5) is 8.01. The van der Waals surface area contributed by atoms with Crippen molar-refractivity contribution in [2.24, 2.45) is 0 Å². The summed E-state index contributed by atoms with van der Waals surface area (Å²) in [5.41, 5.74) is 0.855. The molecule has 5 heteroatoms. The highest BCUT2D eigenvalue weighted by Crippen LogP contribution is 2.13. The van der Waals surface area contributed by atoms with Gasteiger partial charge in [0.1, 0.15) is 23.3 Å². The second kappa shape index (κ2) is 5.56. The van der Waals surface area contributed by atoms with Crippen molar-refractivity contribution < 1.29 is 4.39 Å². The van der Waals surface area contributed by atoms with Gasteiger partial charge in [0.05, 0.1) is 0 Å². The van der Waals surface area contributed by atoms with Crippen LogP contribution in [0.5, 0.6) is 0 Å². The first-order valence-corrected chi connectivity index (χ1v) is 5.73. The van der Waals surface area contributed by atoms with Crippen LogP contribution in [-0.4, -0.2) is 9.97 Å². The molecule has 0 saturated heterocycles. The summed E-state index contributed by atoms with van der Waals surface area (Å²) in [5.74, 6) is 0.263. The molecule has 0 aliphatic heterocycles. The van der Waals surface area contributed by atoms with E-state index in [2.05, 4.69) is 9.97 Å². The van der Waals surface area contributed by atoms with E-state index in [4.69, 9.17) is 16.9 Å². The lowest BCUT2D eigenvalue weighted by Crippen LogP contribution is -2.00. The molecule has 0 aliphatic rings. The molecule has 90 valence electrons. The highest BCUT2D eigenvalue weighted by Gasteiger charge is 2.06. The molecule has 0 radical (unpaired) electrons. The van der Waals surface area contributed by atoms with Crippen molar-refractivity contribution in [2.45, 2.75) is 12.8 Å². The Morgan fingerprint density at radius 3 is 2.72 bits per heavy atom. The van der Waals surface area contributed by atoms with Gasteiger partial charge in [-0.05, 0) is 18.1 Å². The Hall–Kier alpha value is -1.99. The van der Waals surface area contributed by atoms with E-state index in [0.29, 0.717) is 24.2 Å². The SMILES string of the molecule is N#Cc1cnc(CCc2ccccc2F)nc1Cl. The number of hydrogen-bond donors (Lipinski definition) is 0. The van der Waals surface area contributed by atoms with Crippen LogP contribution in [0.1, 0.15) is 17.0 Å². The lowest BCUT2D eigenvalue weighted by atomic mass is 10.1. The highest BCUT2D eigenvalue weighted by molar-refractivity contribution is 6.30. The Morgan fingerprint density at radius 2 is 2.06 bits per heavy atom. The number of rotatable bonds is 3. The van der Waals surface area contributed by atoms with Gasteiger partial charge >= 0.3 is 0 Å². The van der Waals surface area contributed by atoms with Crippen LogP contribution in [0, 0.1) is 17.1 Å². The number of nitrogens with zero attached hydrogens (tertiary/aromatic N) is 3. The lowest BCUT2D eigenvalue weighted by molar-refractivity contribution is 0.607. The summed E-state index contributed by atoms with van der Waals surface area (Å²) in [6.07, 6.45) is 2.35. The molecular weight excluding hydrogens is 253 g/mol. The molecule has 2 rings (SSSR count).